The fourth-order valence-corrected chi connectivity index (χ4v) is 3.94. The van der Waals surface area contributed by atoms with Gasteiger partial charge in [-0.3, -0.25) is 9.59 Å². The van der Waals surface area contributed by atoms with Crippen molar-refractivity contribution in [2.24, 2.45) is 5.92 Å². The van der Waals surface area contributed by atoms with E-state index in [1.54, 1.807) is 18.1 Å². The Morgan fingerprint density at radius 1 is 1.44 bits per heavy atom. The summed E-state index contributed by atoms with van der Waals surface area (Å²) in [7, 11) is 3.71. The maximum Gasteiger partial charge on any atom is 0.309 e. The summed E-state index contributed by atoms with van der Waals surface area (Å²) < 4.78 is 0. The molecule has 0 aliphatic carbocycles. The molecule has 25 heavy (non-hydrogen) atoms. The first-order chi connectivity index (χ1) is 11.9. The van der Waals surface area contributed by atoms with E-state index in [2.05, 4.69) is 21.8 Å². The number of aliphatic carboxylic acids is 1. The van der Waals surface area contributed by atoms with Gasteiger partial charge in [-0.05, 0) is 25.8 Å². The largest absolute Gasteiger partial charge is 0.481 e. The minimum atomic E-state index is -0.881. The van der Waals surface area contributed by atoms with Crippen molar-refractivity contribution < 1.29 is 14.7 Å². The van der Waals surface area contributed by atoms with Crippen LogP contribution < -0.4 is 9.80 Å². The van der Waals surface area contributed by atoms with Crippen LogP contribution in [-0.4, -0.2) is 71.1 Å². The van der Waals surface area contributed by atoms with Crippen LogP contribution in [0.25, 0.3) is 0 Å². The highest BCUT2D eigenvalue weighted by Gasteiger charge is 2.55. The smallest absolute Gasteiger partial charge is 0.309 e. The predicted octanol–water partition coefficient (Wildman–Crippen LogP) is 0.835. The van der Waals surface area contributed by atoms with E-state index in [4.69, 9.17) is 0 Å². The number of piperidine rings is 1. The number of carboxylic acids is 1. The van der Waals surface area contributed by atoms with E-state index >= 15 is 0 Å². The van der Waals surface area contributed by atoms with Crippen molar-refractivity contribution >= 4 is 23.6 Å². The van der Waals surface area contributed by atoms with Gasteiger partial charge in [-0.1, -0.05) is 0 Å². The van der Waals surface area contributed by atoms with Crippen molar-refractivity contribution in [3.05, 3.63) is 12.3 Å². The lowest BCUT2D eigenvalue weighted by atomic mass is 9.77. The van der Waals surface area contributed by atoms with Crippen LogP contribution in [0, 0.1) is 5.92 Å². The molecule has 2 aliphatic rings. The minimum absolute atomic E-state index is 0.0799. The number of carbonyl (C=O) groups is 2. The second-order valence-electron chi connectivity index (χ2n) is 6.87. The van der Waals surface area contributed by atoms with E-state index in [1.165, 1.54) is 0 Å². The van der Waals surface area contributed by atoms with E-state index in [1.807, 2.05) is 18.0 Å². The minimum Gasteiger partial charge on any atom is -0.481 e. The maximum absolute atomic E-state index is 12.1. The highest BCUT2D eigenvalue weighted by molar-refractivity contribution is 5.88. The third-order valence-corrected chi connectivity index (χ3v) is 5.77. The summed E-state index contributed by atoms with van der Waals surface area (Å²) in [6.07, 6.45) is 3.07. The summed E-state index contributed by atoms with van der Waals surface area (Å²) in [5, 5.41) is 9.55. The Morgan fingerprint density at radius 2 is 2.12 bits per heavy atom. The molecule has 8 heteroatoms. The van der Waals surface area contributed by atoms with Crippen LogP contribution in [0.2, 0.25) is 0 Å². The van der Waals surface area contributed by atoms with Gasteiger partial charge in [0.25, 0.3) is 0 Å². The molecule has 0 radical (unpaired) electrons. The highest BCUT2D eigenvalue weighted by atomic mass is 16.4. The monoisotopic (exact) mass is 347 g/mol. The quantitative estimate of drug-likeness (QED) is 0.863. The number of hydrogen-bond donors (Lipinski definition) is 1. The Morgan fingerprint density at radius 3 is 2.72 bits per heavy atom. The zero-order valence-electron chi connectivity index (χ0n) is 15.0. The molecular weight excluding hydrogens is 322 g/mol. The Kier molecular flexibility index (Phi) is 4.53. The summed E-state index contributed by atoms with van der Waals surface area (Å²) in [6, 6.07) is 1.88. The lowest BCUT2D eigenvalue weighted by molar-refractivity contribution is -0.145. The number of carboxylic acid groups (broad SMARTS) is 1. The molecule has 1 amide bonds. The van der Waals surface area contributed by atoms with E-state index in [9.17, 15) is 14.7 Å². The molecule has 0 unspecified atom stereocenters. The zero-order valence-corrected chi connectivity index (χ0v) is 15.0. The standard InChI is InChI=1S/C17H25N5O3/c1-4-20(2)13-5-8-18-16(19-13)22-9-6-17(7-10-22)12(15(24)25)11-14(23)21(17)3/h5,8,12H,4,6-7,9-11H2,1-3H3,(H,24,25)/t12-/m0/s1. The third-order valence-electron chi connectivity index (χ3n) is 5.77. The van der Waals surface area contributed by atoms with Crippen LogP contribution in [0.3, 0.4) is 0 Å². The van der Waals surface area contributed by atoms with Gasteiger partial charge >= 0.3 is 5.97 Å². The lowest BCUT2D eigenvalue weighted by Crippen LogP contribution is -2.56. The average Bonchev–Trinajstić information content (AvgIpc) is 2.87. The molecule has 2 saturated heterocycles. The van der Waals surface area contributed by atoms with Crippen molar-refractivity contribution in [1.29, 1.82) is 0 Å². The van der Waals surface area contributed by atoms with Gasteiger partial charge in [0, 0.05) is 46.3 Å². The number of rotatable bonds is 4. The van der Waals surface area contributed by atoms with Crippen molar-refractivity contribution in [3.63, 3.8) is 0 Å². The second-order valence-corrected chi connectivity index (χ2v) is 6.87. The second kappa shape index (κ2) is 6.50. The fraction of sp³-hybridized carbons (Fsp3) is 0.647. The molecule has 136 valence electrons. The fourth-order valence-electron chi connectivity index (χ4n) is 3.94. The van der Waals surface area contributed by atoms with Crippen molar-refractivity contribution in [1.82, 2.24) is 14.9 Å². The number of anilines is 2. The van der Waals surface area contributed by atoms with E-state index in [0.717, 1.165) is 12.4 Å². The molecule has 3 rings (SSSR count). The summed E-state index contributed by atoms with van der Waals surface area (Å²) >= 11 is 0. The Labute approximate surface area is 147 Å². The van der Waals surface area contributed by atoms with Crippen LogP contribution in [0.15, 0.2) is 12.3 Å². The van der Waals surface area contributed by atoms with Crippen LogP contribution >= 0.6 is 0 Å². The maximum atomic E-state index is 12.1. The van der Waals surface area contributed by atoms with E-state index in [-0.39, 0.29) is 12.3 Å². The molecule has 1 spiro atoms. The molecule has 1 aromatic heterocycles. The normalized spacial score (nSPS) is 22.5. The van der Waals surface area contributed by atoms with Crippen LogP contribution in [-0.2, 0) is 9.59 Å². The molecule has 3 heterocycles. The summed E-state index contributed by atoms with van der Waals surface area (Å²) in [5.41, 5.74) is -0.586. The van der Waals surface area contributed by atoms with E-state index < -0.39 is 17.4 Å². The Hall–Kier alpha value is -2.38. The van der Waals surface area contributed by atoms with E-state index in [0.29, 0.717) is 31.9 Å². The number of carbonyl (C=O) groups excluding carboxylic acids is 1. The summed E-state index contributed by atoms with van der Waals surface area (Å²) in [4.78, 5) is 38.5. The van der Waals surface area contributed by atoms with Gasteiger partial charge in [0.2, 0.25) is 11.9 Å². The number of likely N-dealkylation sites (tertiary alicyclic amines) is 1. The van der Waals surface area contributed by atoms with Gasteiger partial charge in [-0.15, -0.1) is 0 Å². The molecule has 1 aromatic rings. The molecule has 0 aromatic carbocycles. The van der Waals surface area contributed by atoms with Gasteiger partial charge < -0.3 is 19.8 Å². The zero-order chi connectivity index (χ0) is 18.2. The molecule has 1 N–H and O–H groups in total. The molecule has 1 atom stereocenters. The van der Waals surface area contributed by atoms with Crippen molar-refractivity contribution in [2.75, 3.05) is 43.5 Å². The van der Waals surface area contributed by atoms with Crippen molar-refractivity contribution in [3.8, 4) is 0 Å². The summed E-state index contributed by atoms with van der Waals surface area (Å²) in [5.74, 6) is -0.0703. The Balaban J connectivity index is 1.77. The Bertz CT molecular complexity index is 672. The third kappa shape index (κ3) is 2.89. The molecule has 2 aliphatic heterocycles. The first kappa shape index (κ1) is 17.4. The highest BCUT2D eigenvalue weighted by Crippen LogP contribution is 2.43. The van der Waals surface area contributed by atoms with Gasteiger partial charge in [-0.25, -0.2) is 4.98 Å². The lowest BCUT2D eigenvalue weighted by Gasteiger charge is -2.45. The molecule has 0 saturated carbocycles. The van der Waals surface area contributed by atoms with Crippen LogP contribution in [0.1, 0.15) is 26.2 Å². The molecule has 8 nitrogen and oxygen atoms in total. The average molecular weight is 347 g/mol. The number of amides is 1. The molecule has 2 fully saturated rings. The number of aromatic nitrogens is 2. The summed E-state index contributed by atoms with van der Waals surface area (Å²) in [6.45, 7) is 4.19. The first-order valence-electron chi connectivity index (χ1n) is 8.67. The predicted molar refractivity (Wildman–Crippen MR) is 93.7 cm³/mol. The van der Waals surface area contributed by atoms with Gasteiger partial charge in [-0.2, -0.15) is 4.98 Å². The van der Waals surface area contributed by atoms with Gasteiger partial charge in [0.15, 0.2) is 0 Å². The molecular formula is C17H25N5O3. The van der Waals surface area contributed by atoms with Gasteiger partial charge in [0.1, 0.15) is 5.82 Å². The van der Waals surface area contributed by atoms with Crippen LogP contribution in [0.4, 0.5) is 11.8 Å². The number of hydrogen-bond acceptors (Lipinski definition) is 6. The van der Waals surface area contributed by atoms with Crippen LogP contribution in [0.5, 0.6) is 0 Å². The topological polar surface area (TPSA) is 89.9 Å². The van der Waals surface area contributed by atoms with Gasteiger partial charge in [0.05, 0.1) is 11.5 Å². The SMILES string of the molecule is CCN(C)c1ccnc(N2CCC3(CC2)[C@H](C(=O)O)CC(=O)N3C)n1. The molecule has 0 bridgehead atoms. The number of nitrogens with zero attached hydrogens (tertiary/aromatic N) is 5. The van der Waals surface area contributed by atoms with Crippen molar-refractivity contribution in [2.45, 2.75) is 31.7 Å². The first-order valence-corrected chi connectivity index (χ1v) is 8.67.